The number of hydrogen-bond donors (Lipinski definition) is 0. The van der Waals surface area contributed by atoms with Gasteiger partial charge < -0.3 is 0 Å². The van der Waals surface area contributed by atoms with Crippen molar-refractivity contribution >= 4 is 32.8 Å². The first-order chi connectivity index (χ1) is 13.9. The number of benzene rings is 4. The fourth-order valence-electron chi connectivity index (χ4n) is 4.98. The highest BCUT2D eigenvalue weighted by Crippen LogP contribution is 2.46. The topological polar surface area (TPSA) is 9.86 Å². The van der Waals surface area contributed by atoms with Crippen molar-refractivity contribution in [3.8, 4) is 22.5 Å². The van der Waals surface area contributed by atoms with E-state index in [9.17, 15) is 0 Å². The first-order valence-electron chi connectivity index (χ1n) is 9.65. The van der Waals surface area contributed by atoms with Crippen molar-refractivity contribution in [2.75, 3.05) is 0 Å². The van der Waals surface area contributed by atoms with Crippen LogP contribution in [0.1, 0.15) is 0 Å². The van der Waals surface area contributed by atoms with Crippen LogP contribution in [0, 0.1) is 0 Å². The van der Waals surface area contributed by atoms with Crippen LogP contribution in [0.3, 0.4) is 0 Å². The van der Waals surface area contributed by atoms with E-state index in [1.807, 2.05) is 0 Å². The minimum Gasteiger partial charge on any atom is -0.294 e. The summed E-state index contributed by atoms with van der Waals surface area (Å²) in [4.78, 5) is 0. The van der Waals surface area contributed by atoms with Gasteiger partial charge in [-0.3, -0.25) is 9.13 Å². The third kappa shape index (κ3) is 1.55. The molecule has 0 radical (unpaired) electrons. The van der Waals surface area contributed by atoms with Crippen molar-refractivity contribution in [3.05, 3.63) is 97.1 Å². The summed E-state index contributed by atoms with van der Waals surface area (Å²) < 4.78 is 4.89. The van der Waals surface area contributed by atoms with E-state index in [1.165, 1.54) is 55.3 Å². The van der Waals surface area contributed by atoms with Gasteiger partial charge in [0.05, 0.1) is 22.4 Å². The molecule has 2 aromatic heterocycles. The van der Waals surface area contributed by atoms with E-state index in [2.05, 4.69) is 106 Å². The molecule has 4 aromatic carbocycles. The normalized spacial score (nSPS) is 12.3. The van der Waals surface area contributed by atoms with Crippen LogP contribution in [-0.2, 0) is 0 Å². The predicted octanol–water partition coefficient (Wildman–Crippen LogP) is 6.71. The molecule has 6 aromatic rings. The lowest BCUT2D eigenvalue weighted by Gasteiger charge is -2.11. The average molecular weight is 356 g/mol. The van der Waals surface area contributed by atoms with Gasteiger partial charge in [-0.25, -0.2) is 0 Å². The number of nitrogens with zero attached hydrogens (tertiary/aromatic N) is 2. The van der Waals surface area contributed by atoms with Gasteiger partial charge in [-0.2, -0.15) is 0 Å². The lowest BCUT2D eigenvalue weighted by molar-refractivity contribution is 1.09. The molecule has 0 fully saturated rings. The molecule has 2 heteroatoms. The fourth-order valence-corrected chi connectivity index (χ4v) is 4.98. The molecule has 130 valence electrons. The third-order valence-corrected chi connectivity index (χ3v) is 6.06. The largest absolute Gasteiger partial charge is 0.294 e. The van der Waals surface area contributed by atoms with Crippen molar-refractivity contribution < 1.29 is 0 Å². The standard InChI is InChI=1S/C26H16N2/c1-5-13-21-17(9-1)18-10-2-6-14-22(18)28-24-16-8-4-12-20(24)25-19-11-3-7-15-23(19)27(21)26(25)28/h1-16H. The van der Waals surface area contributed by atoms with Gasteiger partial charge in [0.1, 0.15) is 5.65 Å². The number of hydrogen-bond acceptors (Lipinski definition) is 0. The maximum absolute atomic E-state index is 2.44. The second-order valence-corrected chi connectivity index (χ2v) is 7.44. The SMILES string of the molecule is c1ccc2c(c1)-c1ccccc1-n1c3ccccc3c3c4ccccc4n-2c31. The Balaban J connectivity index is 1.90. The predicted molar refractivity (Wildman–Crippen MR) is 117 cm³/mol. The zero-order chi connectivity index (χ0) is 18.2. The molecule has 1 aliphatic heterocycles. The quantitative estimate of drug-likeness (QED) is 0.286. The smallest absolute Gasteiger partial charge is 0.131 e. The van der Waals surface area contributed by atoms with Crippen molar-refractivity contribution in [2.24, 2.45) is 0 Å². The van der Waals surface area contributed by atoms with Crippen LogP contribution in [0.25, 0.3) is 55.3 Å². The third-order valence-electron chi connectivity index (χ3n) is 6.06. The Labute approximate surface area is 161 Å². The van der Waals surface area contributed by atoms with Gasteiger partial charge >= 0.3 is 0 Å². The molecule has 0 saturated heterocycles. The summed E-state index contributed by atoms with van der Waals surface area (Å²) in [6, 6.07) is 35.0. The van der Waals surface area contributed by atoms with Crippen LogP contribution in [0.15, 0.2) is 97.1 Å². The summed E-state index contributed by atoms with van der Waals surface area (Å²) in [6.07, 6.45) is 0. The van der Waals surface area contributed by atoms with Gasteiger partial charge in [0.15, 0.2) is 0 Å². The van der Waals surface area contributed by atoms with Gasteiger partial charge in [-0.1, -0.05) is 72.8 Å². The Hall–Kier alpha value is -3.78. The van der Waals surface area contributed by atoms with Crippen LogP contribution in [0.5, 0.6) is 0 Å². The first-order valence-corrected chi connectivity index (χ1v) is 9.65. The number of fused-ring (bicyclic) bond motifs is 11. The van der Waals surface area contributed by atoms with Gasteiger partial charge in [0.25, 0.3) is 0 Å². The molecule has 0 bridgehead atoms. The molecular formula is C26H16N2. The molecule has 2 nitrogen and oxygen atoms in total. The molecule has 7 rings (SSSR count). The Morgan fingerprint density at radius 1 is 0.429 bits per heavy atom. The lowest BCUT2D eigenvalue weighted by Crippen LogP contribution is -1.98. The molecule has 1 aliphatic rings. The van der Waals surface area contributed by atoms with Crippen LogP contribution in [0.2, 0.25) is 0 Å². The molecule has 0 spiro atoms. The van der Waals surface area contributed by atoms with Crippen molar-refractivity contribution in [1.29, 1.82) is 0 Å². The van der Waals surface area contributed by atoms with Gasteiger partial charge in [-0.05, 0) is 24.3 Å². The Bertz CT molecular complexity index is 1450. The average Bonchev–Trinajstić information content (AvgIpc) is 3.22. The van der Waals surface area contributed by atoms with Crippen LogP contribution >= 0.6 is 0 Å². The van der Waals surface area contributed by atoms with E-state index in [0.29, 0.717) is 0 Å². The number of aromatic nitrogens is 2. The molecule has 0 N–H and O–H groups in total. The highest BCUT2D eigenvalue weighted by atomic mass is 15.1. The summed E-state index contributed by atoms with van der Waals surface area (Å²) in [5, 5.41) is 3.95. The molecule has 0 saturated carbocycles. The van der Waals surface area contributed by atoms with E-state index in [0.717, 1.165) is 0 Å². The van der Waals surface area contributed by atoms with E-state index >= 15 is 0 Å². The second kappa shape index (κ2) is 4.93. The summed E-state index contributed by atoms with van der Waals surface area (Å²) in [5.41, 5.74) is 8.78. The van der Waals surface area contributed by atoms with E-state index in [4.69, 9.17) is 0 Å². The summed E-state index contributed by atoms with van der Waals surface area (Å²) in [5.74, 6) is 0. The molecule has 0 amide bonds. The monoisotopic (exact) mass is 356 g/mol. The molecule has 0 aliphatic carbocycles. The minimum absolute atomic E-state index is 1.24. The van der Waals surface area contributed by atoms with E-state index in [-0.39, 0.29) is 0 Å². The van der Waals surface area contributed by atoms with Gasteiger partial charge in [0.2, 0.25) is 0 Å². The zero-order valence-corrected chi connectivity index (χ0v) is 15.1. The molecule has 0 unspecified atom stereocenters. The van der Waals surface area contributed by atoms with Gasteiger partial charge in [0, 0.05) is 27.3 Å². The first kappa shape index (κ1) is 14.3. The Kier molecular flexibility index (Phi) is 2.52. The van der Waals surface area contributed by atoms with Crippen LogP contribution in [-0.4, -0.2) is 9.13 Å². The minimum atomic E-state index is 1.24. The number of rotatable bonds is 0. The van der Waals surface area contributed by atoms with Crippen LogP contribution in [0.4, 0.5) is 0 Å². The summed E-state index contributed by atoms with van der Waals surface area (Å²) in [7, 11) is 0. The van der Waals surface area contributed by atoms with Crippen molar-refractivity contribution in [3.63, 3.8) is 0 Å². The Morgan fingerprint density at radius 3 is 1.39 bits per heavy atom. The lowest BCUT2D eigenvalue weighted by atomic mass is 10.0. The summed E-state index contributed by atoms with van der Waals surface area (Å²) in [6.45, 7) is 0. The molecule has 0 atom stereocenters. The zero-order valence-electron chi connectivity index (χ0n) is 15.1. The maximum atomic E-state index is 2.44. The Morgan fingerprint density at radius 2 is 0.857 bits per heavy atom. The van der Waals surface area contributed by atoms with Crippen molar-refractivity contribution in [1.82, 2.24) is 9.13 Å². The fraction of sp³-hybridized carbons (Fsp3) is 0. The van der Waals surface area contributed by atoms with Gasteiger partial charge in [-0.15, -0.1) is 0 Å². The molecular weight excluding hydrogens is 340 g/mol. The molecule has 3 heterocycles. The molecule has 28 heavy (non-hydrogen) atoms. The second-order valence-electron chi connectivity index (χ2n) is 7.44. The highest BCUT2D eigenvalue weighted by Gasteiger charge is 2.26. The number of para-hydroxylation sites is 4. The van der Waals surface area contributed by atoms with Crippen molar-refractivity contribution in [2.45, 2.75) is 0 Å². The van der Waals surface area contributed by atoms with E-state index in [1.54, 1.807) is 0 Å². The maximum Gasteiger partial charge on any atom is 0.131 e. The van der Waals surface area contributed by atoms with E-state index < -0.39 is 0 Å². The summed E-state index contributed by atoms with van der Waals surface area (Å²) >= 11 is 0. The highest BCUT2D eigenvalue weighted by molar-refractivity contribution is 6.23. The van der Waals surface area contributed by atoms with Crippen LogP contribution < -0.4 is 0 Å².